The van der Waals surface area contributed by atoms with Crippen molar-refractivity contribution in [1.29, 1.82) is 5.26 Å². The van der Waals surface area contributed by atoms with Crippen LogP contribution < -0.4 is 10.6 Å². The molecule has 0 bridgehead atoms. The molecule has 0 spiro atoms. The van der Waals surface area contributed by atoms with Crippen molar-refractivity contribution in [3.8, 4) is 6.19 Å². The number of rotatable bonds is 4. The maximum absolute atomic E-state index is 13.2. The minimum Gasteiger partial charge on any atom is -0.461 e. The average molecular weight is 449 g/mol. The minimum absolute atomic E-state index is 0.0254. The number of hydrogen-bond acceptors (Lipinski definition) is 5. The second kappa shape index (κ2) is 8.77. The van der Waals surface area contributed by atoms with Crippen molar-refractivity contribution in [1.82, 2.24) is 15.1 Å². The molecule has 3 atom stereocenters. The Morgan fingerprint density at radius 1 is 1.27 bits per heavy atom. The second-order valence-corrected chi connectivity index (χ2v) is 9.28. The highest BCUT2D eigenvalue weighted by atomic mass is 16.3. The van der Waals surface area contributed by atoms with Gasteiger partial charge in [0.15, 0.2) is 6.19 Å². The van der Waals surface area contributed by atoms with Crippen molar-refractivity contribution < 1.29 is 14.0 Å². The molecular formula is C24H28N6O3. The van der Waals surface area contributed by atoms with E-state index in [1.807, 2.05) is 42.3 Å². The van der Waals surface area contributed by atoms with Crippen molar-refractivity contribution in [3.63, 3.8) is 0 Å². The fraction of sp³-hybridized carbons (Fsp3) is 0.500. The summed E-state index contributed by atoms with van der Waals surface area (Å²) < 4.78 is 5.61. The zero-order chi connectivity index (χ0) is 22.9. The second-order valence-electron chi connectivity index (χ2n) is 9.28. The molecule has 2 aromatic rings. The van der Waals surface area contributed by atoms with Gasteiger partial charge in [-0.3, -0.25) is 14.9 Å². The maximum Gasteiger partial charge on any atom is 0.247 e. The van der Waals surface area contributed by atoms with Gasteiger partial charge >= 0.3 is 0 Å². The van der Waals surface area contributed by atoms with Crippen LogP contribution in [-0.2, 0) is 9.59 Å². The standard InChI is InChI=1S/C24H28N6O3/c1-15-8-16-10-19(5-6-21(16)33-15)27-24(26-14-25)28-20-4-2-3-7-29(23(20)32)13-22(31)30-11-17-9-18(17)12-30/h5-6,8,10,17-18,20H,2-4,7,9,11-13H2,1H3,(H2,26,27,28)/t17?,18?,20-/m0/s1. The maximum atomic E-state index is 13.2. The van der Waals surface area contributed by atoms with E-state index in [4.69, 9.17) is 4.42 Å². The summed E-state index contributed by atoms with van der Waals surface area (Å²) >= 11 is 0. The number of aryl methyl sites for hydroxylation is 1. The van der Waals surface area contributed by atoms with Crippen LogP contribution in [0.25, 0.3) is 11.0 Å². The number of nitriles is 1. The zero-order valence-electron chi connectivity index (χ0n) is 18.7. The van der Waals surface area contributed by atoms with Crippen LogP contribution in [0.2, 0.25) is 0 Å². The minimum atomic E-state index is -0.643. The lowest BCUT2D eigenvalue weighted by Gasteiger charge is -2.26. The van der Waals surface area contributed by atoms with Gasteiger partial charge in [0, 0.05) is 30.7 Å². The molecule has 1 aliphatic carbocycles. The number of anilines is 1. The Morgan fingerprint density at radius 3 is 2.88 bits per heavy atom. The average Bonchev–Trinajstić information content (AvgIpc) is 3.27. The molecule has 9 heteroatoms. The molecule has 2 saturated heterocycles. The highest BCUT2D eigenvalue weighted by Gasteiger charge is 2.46. The number of likely N-dealkylation sites (tertiary alicyclic amines) is 2. The Bertz CT molecular complexity index is 1140. The Morgan fingerprint density at radius 2 is 2.09 bits per heavy atom. The predicted octanol–water partition coefficient (Wildman–Crippen LogP) is 2.44. The first kappa shape index (κ1) is 21.3. The molecule has 3 aliphatic rings. The number of aliphatic imine (C=N–C) groups is 1. The monoisotopic (exact) mass is 448 g/mol. The van der Waals surface area contributed by atoms with E-state index in [0.717, 1.165) is 48.3 Å². The third kappa shape index (κ3) is 4.65. The molecule has 1 saturated carbocycles. The molecule has 3 fully saturated rings. The van der Waals surface area contributed by atoms with Gasteiger partial charge in [-0.15, -0.1) is 0 Å². The molecule has 33 heavy (non-hydrogen) atoms. The third-order valence-corrected chi connectivity index (χ3v) is 6.77. The van der Waals surface area contributed by atoms with Gasteiger partial charge in [0.2, 0.25) is 17.8 Å². The first-order valence-corrected chi connectivity index (χ1v) is 11.6. The molecule has 1 aromatic carbocycles. The van der Waals surface area contributed by atoms with Gasteiger partial charge in [-0.05, 0) is 68.7 Å². The number of benzene rings is 1. The number of amides is 2. The first-order chi connectivity index (χ1) is 16.0. The zero-order valence-corrected chi connectivity index (χ0v) is 18.7. The number of nitrogens with one attached hydrogen (secondary N) is 2. The van der Waals surface area contributed by atoms with E-state index in [0.29, 0.717) is 24.8 Å². The fourth-order valence-corrected chi connectivity index (χ4v) is 4.92. The molecule has 0 radical (unpaired) electrons. The van der Waals surface area contributed by atoms with E-state index in [-0.39, 0.29) is 24.3 Å². The quantitative estimate of drug-likeness (QED) is 0.321. The smallest absolute Gasteiger partial charge is 0.247 e. The van der Waals surface area contributed by atoms with Crippen LogP contribution >= 0.6 is 0 Å². The number of carbonyl (C=O) groups excluding carboxylic acids is 2. The van der Waals surface area contributed by atoms with Crippen molar-refractivity contribution in [2.75, 3.05) is 31.5 Å². The number of hydrogen-bond donors (Lipinski definition) is 2. The lowest BCUT2D eigenvalue weighted by atomic mass is 10.1. The van der Waals surface area contributed by atoms with Gasteiger partial charge in [-0.2, -0.15) is 5.26 Å². The first-order valence-electron chi connectivity index (χ1n) is 11.6. The third-order valence-electron chi connectivity index (χ3n) is 6.77. The summed E-state index contributed by atoms with van der Waals surface area (Å²) in [4.78, 5) is 34.1. The fourth-order valence-electron chi connectivity index (χ4n) is 4.92. The molecule has 2 unspecified atom stereocenters. The summed E-state index contributed by atoms with van der Waals surface area (Å²) in [7, 11) is 0. The Balaban J connectivity index is 1.29. The van der Waals surface area contributed by atoms with Gasteiger partial charge in [0.05, 0.1) is 6.54 Å². The lowest BCUT2D eigenvalue weighted by Crippen LogP contribution is -2.45. The molecule has 1 aromatic heterocycles. The predicted molar refractivity (Wildman–Crippen MR) is 123 cm³/mol. The summed E-state index contributed by atoms with van der Waals surface area (Å²) in [5.74, 6) is 2.23. The number of piperidine rings is 1. The van der Waals surface area contributed by atoms with Crippen molar-refractivity contribution in [2.24, 2.45) is 16.8 Å². The summed E-state index contributed by atoms with van der Waals surface area (Å²) in [5.41, 5.74) is 1.50. The SMILES string of the molecule is Cc1cc2cc(NC(=N[C@H]3CCCCN(CC(=O)N4CC5CC5C4)C3=O)NC#N)ccc2o1. The van der Waals surface area contributed by atoms with Crippen LogP contribution in [0.15, 0.2) is 33.7 Å². The summed E-state index contributed by atoms with van der Waals surface area (Å²) in [5, 5.41) is 15.8. The van der Waals surface area contributed by atoms with Gasteiger partial charge in [0.1, 0.15) is 17.4 Å². The summed E-state index contributed by atoms with van der Waals surface area (Å²) in [6, 6.07) is 6.88. The Labute approximate surface area is 192 Å². The van der Waals surface area contributed by atoms with E-state index < -0.39 is 6.04 Å². The molecule has 9 nitrogen and oxygen atoms in total. The van der Waals surface area contributed by atoms with Crippen LogP contribution in [0.3, 0.4) is 0 Å². The van der Waals surface area contributed by atoms with Crippen LogP contribution in [0.1, 0.15) is 31.4 Å². The normalized spacial score (nSPS) is 24.9. The van der Waals surface area contributed by atoms with Crippen molar-refractivity contribution >= 4 is 34.4 Å². The van der Waals surface area contributed by atoms with Crippen LogP contribution in [0, 0.1) is 30.2 Å². The molecule has 5 rings (SSSR count). The molecule has 2 N–H and O–H groups in total. The van der Waals surface area contributed by atoms with Gasteiger partial charge < -0.3 is 19.5 Å². The van der Waals surface area contributed by atoms with Gasteiger partial charge in [0.25, 0.3) is 0 Å². The number of guanidine groups is 1. The van der Waals surface area contributed by atoms with Crippen LogP contribution in [-0.4, -0.2) is 59.8 Å². The Hall–Kier alpha value is -3.54. The molecule has 2 amide bonds. The highest BCUT2D eigenvalue weighted by Crippen LogP contribution is 2.44. The topological polar surface area (TPSA) is 114 Å². The largest absolute Gasteiger partial charge is 0.461 e. The van der Waals surface area contributed by atoms with E-state index in [2.05, 4.69) is 15.6 Å². The molecule has 3 heterocycles. The summed E-state index contributed by atoms with van der Waals surface area (Å²) in [6.07, 6.45) is 5.37. The number of carbonyl (C=O) groups is 2. The number of nitrogens with zero attached hydrogens (tertiary/aromatic N) is 4. The lowest BCUT2D eigenvalue weighted by molar-refractivity contribution is -0.140. The summed E-state index contributed by atoms with van der Waals surface area (Å²) in [6.45, 7) is 4.21. The van der Waals surface area contributed by atoms with Gasteiger partial charge in [-0.1, -0.05) is 0 Å². The van der Waals surface area contributed by atoms with E-state index in [1.54, 1.807) is 4.90 Å². The molecular weight excluding hydrogens is 420 g/mol. The van der Waals surface area contributed by atoms with Crippen molar-refractivity contribution in [3.05, 3.63) is 30.0 Å². The molecule has 2 aliphatic heterocycles. The number of fused-ring (bicyclic) bond motifs is 2. The molecule has 172 valence electrons. The van der Waals surface area contributed by atoms with E-state index in [9.17, 15) is 14.9 Å². The van der Waals surface area contributed by atoms with Gasteiger partial charge in [-0.25, -0.2) is 4.99 Å². The number of furan rings is 1. The van der Waals surface area contributed by atoms with Crippen molar-refractivity contribution in [2.45, 2.75) is 38.6 Å². The van der Waals surface area contributed by atoms with Crippen LogP contribution in [0.4, 0.5) is 5.69 Å². The highest BCUT2D eigenvalue weighted by molar-refractivity contribution is 5.98. The van der Waals surface area contributed by atoms with E-state index >= 15 is 0 Å². The Kier molecular flexibility index (Phi) is 5.67. The van der Waals surface area contributed by atoms with E-state index in [1.165, 1.54) is 6.42 Å². The van der Waals surface area contributed by atoms with Crippen LogP contribution in [0.5, 0.6) is 0 Å².